The van der Waals surface area contributed by atoms with Gasteiger partial charge in [-0.25, -0.2) is 8.42 Å². The standard InChI is InChI=1S/C28H27Cl2F2NO9S/c1-38-22-8-6-18(10-25(22)39-2)43(36,37)15-27(34)41-24(11-19-20(29)12-33(35)13-21(19)30)17-5-7-23(42-28(31)32)26(9-17)40-14-16-3-4-16/h5-10,12-13,16,24,28H,3-4,11,14-15H2,1-2H3/t24-/m0/s1. The Morgan fingerprint density at radius 2 is 1.65 bits per heavy atom. The predicted molar refractivity (Wildman–Crippen MR) is 151 cm³/mol. The number of carbonyl (C=O) groups is 1. The molecule has 0 radical (unpaired) electrons. The van der Waals surface area contributed by atoms with Crippen LogP contribution < -0.4 is 23.7 Å². The normalized spacial score (nSPS) is 13.8. The lowest BCUT2D eigenvalue weighted by Gasteiger charge is -2.21. The summed E-state index contributed by atoms with van der Waals surface area (Å²) in [7, 11) is -1.49. The van der Waals surface area contributed by atoms with E-state index in [1.165, 1.54) is 50.6 Å². The molecule has 0 bridgehead atoms. The van der Waals surface area contributed by atoms with Crippen LogP contribution in [0.4, 0.5) is 8.78 Å². The third-order valence-electron chi connectivity index (χ3n) is 6.47. The molecule has 0 spiro atoms. The Morgan fingerprint density at radius 1 is 1.00 bits per heavy atom. The topological polar surface area (TPSA) is 124 Å². The molecule has 2 aromatic carbocycles. The van der Waals surface area contributed by atoms with Gasteiger partial charge in [-0.2, -0.15) is 13.5 Å². The molecular weight excluding hydrogens is 635 g/mol. The third kappa shape index (κ3) is 8.52. The molecule has 0 N–H and O–H groups in total. The summed E-state index contributed by atoms with van der Waals surface area (Å²) in [5, 5.41) is 11.7. The van der Waals surface area contributed by atoms with Gasteiger partial charge in [0.15, 0.2) is 51.0 Å². The number of halogens is 4. The van der Waals surface area contributed by atoms with Crippen LogP contribution in [0.5, 0.6) is 23.0 Å². The number of esters is 1. The van der Waals surface area contributed by atoms with Gasteiger partial charge in [-0.05, 0) is 48.6 Å². The SMILES string of the molecule is COc1ccc(S(=O)(=O)CC(=O)O[C@@H](Cc2c(Cl)c[n+]([O-])cc2Cl)c2ccc(OC(F)F)c(OCC3CC3)c2)cc1OC. The minimum absolute atomic E-state index is 0.0219. The first kappa shape index (κ1) is 32.4. The largest absolute Gasteiger partial charge is 0.619 e. The Morgan fingerprint density at radius 3 is 2.26 bits per heavy atom. The summed E-state index contributed by atoms with van der Waals surface area (Å²) in [6.45, 7) is -2.86. The van der Waals surface area contributed by atoms with Crippen molar-refractivity contribution in [1.29, 1.82) is 0 Å². The fourth-order valence-corrected chi connectivity index (χ4v) is 5.81. The average Bonchev–Trinajstić information content (AvgIpc) is 3.77. The van der Waals surface area contributed by atoms with E-state index in [1.54, 1.807) is 0 Å². The Labute approximate surface area is 256 Å². The fraction of sp³-hybridized carbons (Fsp3) is 0.357. The van der Waals surface area contributed by atoms with E-state index in [9.17, 15) is 27.2 Å². The zero-order chi connectivity index (χ0) is 31.3. The van der Waals surface area contributed by atoms with Gasteiger partial charge in [0.1, 0.15) is 16.1 Å². The number of sulfone groups is 1. The number of ether oxygens (including phenoxy) is 5. The molecule has 0 saturated heterocycles. The first-order valence-electron chi connectivity index (χ1n) is 12.8. The maximum absolute atomic E-state index is 13.1. The lowest BCUT2D eigenvalue weighted by molar-refractivity contribution is -0.605. The molecular formula is C28H27Cl2F2NO9S. The molecule has 0 amide bonds. The smallest absolute Gasteiger partial charge is 0.387 e. The highest BCUT2D eigenvalue weighted by Gasteiger charge is 2.29. The molecule has 0 unspecified atom stereocenters. The van der Waals surface area contributed by atoms with Gasteiger partial charge in [0.2, 0.25) is 0 Å². The molecule has 1 aliphatic carbocycles. The average molecular weight is 662 g/mol. The second-order valence-corrected chi connectivity index (χ2v) is 12.4. The summed E-state index contributed by atoms with van der Waals surface area (Å²) < 4.78 is 79.0. The minimum atomic E-state index is -4.21. The molecule has 1 aromatic heterocycles. The van der Waals surface area contributed by atoms with Crippen molar-refractivity contribution < 1.29 is 50.4 Å². The molecule has 0 aliphatic heterocycles. The number of rotatable bonds is 14. The highest BCUT2D eigenvalue weighted by atomic mass is 35.5. The molecule has 43 heavy (non-hydrogen) atoms. The van der Waals surface area contributed by atoms with Crippen molar-refractivity contribution in [2.75, 3.05) is 26.6 Å². The maximum atomic E-state index is 13.1. The van der Waals surface area contributed by atoms with Crippen LogP contribution in [0.1, 0.15) is 30.1 Å². The van der Waals surface area contributed by atoms with Crippen LogP contribution in [0.25, 0.3) is 0 Å². The zero-order valence-electron chi connectivity index (χ0n) is 22.9. The van der Waals surface area contributed by atoms with E-state index in [2.05, 4.69) is 4.74 Å². The van der Waals surface area contributed by atoms with Gasteiger partial charge in [0.25, 0.3) is 0 Å². The number of alkyl halides is 2. The molecule has 1 atom stereocenters. The van der Waals surface area contributed by atoms with Crippen LogP contribution in [0.2, 0.25) is 10.0 Å². The number of hydrogen-bond acceptors (Lipinski definition) is 9. The van der Waals surface area contributed by atoms with E-state index in [4.69, 9.17) is 42.1 Å². The van der Waals surface area contributed by atoms with Gasteiger partial charge in [-0.15, -0.1) is 0 Å². The van der Waals surface area contributed by atoms with Crippen LogP contribution in [-0.4, -0.2) is 47.6 Å². The Hall–Kier alpha value is -3.55. The van der Waals surface area contributed by atoms with E-state index in [0.717, 1.165) is 25.2 Å². The van der Waals surface area contributed by atoms with Gasteiger partial charge < -0.3 is 28.9 Å². The number of nitrogens with zero attached hydrogens (tertiary/aromatic N) is 1. The predicted octanol–water partition coefficient (Wildman–Crippen LogP) is 5.34. The highest BCUT2D eigenvalue weighted by molar-refractivity contribution is 7.92. The van der Waals surface area contributed by atoms with Gasteiger partial charge >= 0.3 is 12.6 Å². The Kier molecular flexibility index (Phi) is 10.4. The number of aromatic nitrogens is 1. The first-order chi connectivity index (χ1) is 20.4. The van der Waals surface area contributed by atoms with E-state index in [-0.39, 0.29) is 62.3 Å². The summed E-state index contributed by atoms with van der Waals surface area (Å²) in [5.74, 6) is -1.72. The van der Waals surface area contributed by atoms with Crippen molar-refractivity contribution in [3.05, 3.63) is 75.2 Å². The van der Waals surface area contributed by atoms with Crippen LogP contribution in [0, 0.1) is 11.1 Å². The molecule has 1 heterocycles. The van der Waals surface area contributed by atoms with E-state index in [0.29, 0.717) is 10.5 Å². The quantitative estimate of drug-likeness (QED) is 0.128. The monoisotopic (exact) mass is 661 g/mol. The molecule has 10 nitrogen and oxygen atoms in total. The minimum Gasteiger partial charge on any atom is -0.619 e. The van der Waals surface area contributed by atoms with E-state index >= 15 is 0 Å². The Balaban J connectivity index is 1.65. The second kappa shape index (κ2) is 13.8. The van der Waals surface area contributed by atoms with Crippen LogP contribution in [-0.2, 0) is 25.8 Å². The number of benzene rings is 2. The summed E-state index contributed by atoms with van der Waals surface area (Å²) >= 11 is 12.5. The Bertz CT molecular complexity index is 1560. The first-order valence-corrected chi connectivity index (χ1v) is 15.2. The van der Waals surface area contributed by atoms with Crippen LogP contribution in [0.3, 0.4) is 0 Å². The van der Waals surface area contributed by atoms with Crippen molar-refractivity contribution in [2.24, 2.45) is 5.92 Å². The van der Waals surface area contributed by atoms with Gasteiger partial charge in [-0.3, -0.25) is 4.79 Å². The molecule has 1 fully saturated rings. The summed E-state index contributed by atoms with van der Waals surface area (Å²) in [6.07, 6.45) is 2.54. The van der Waals surface area contributed by atoms with Crippen molar-refractivity contribution >= 4 is 39.0 Å². The third-order valence-corrected chi connectivity index (χ3v) is 8.71. The molecule has 1 saturated carbocycles. The lowest BCUT2D eigenvalue weighted by atomic mass is 10.0. The van der Waals surface area contributed by atoms with Crippen LogP contribution in [0.15, 0.2) is 53.7 Å². The maximum Gasteiger partial charge on any atom is 0.387 e. The lowest BCUT2D eigenvalue weighted by Crippen LogP contribution is -2.26. The van der Waals surface area contributed by atoms with Crippen molar-refractivity contribution in [3.63, 3.8) is 0 Å². The molecule has 15 heteroatoms. The van der Waals surface area contributed by atoms with E-state index < -0.39 is 34.3 Å². The molecule has 232 valence electrons. The molecule has 4 rings (SSSR count). The highest BCUT2D eigenvalue weighted by Crippen LogP contribution is 2.38. The second-order valence-electron chi connectivity index (χ2n) is 9.59. The summed E-state index contributed by atoms with van der Waals surface area (Å²) in [4.78, 5) is 12.9. The van der Waals surface area contributed by atoms with E-state index in [1.807, 2.05) is 0 Å². The number of methoxy groups -OCH3 is 2. The fourth-order valence-electron chi connectivity index (χ4n) is 4.10. The van der Waals surface area contributed by atoms with Crippen molar-refractivity contribution in [3.8, 4) is 23.0 Å². The van der Waals surface area contributed by atoms with Crippen LogP contribution >= 0.6 is 23.2 Å². The van der Waals surface area contributed by atoms with Crippen molar-refractivity contribution in [2.45, 2.75) is 36.9 Å². The summed E-state index contributed by atoms with van der Waals surface area (Å²) in [5.41, 5.74) is 0.472. The van der Waals surface area contributed by atoms with Crippen molar-refractivity contribution in [1.82, 2.24) is 0 Å². The number of hydrogen-bond donors (Lipinski definition) is 0. The van der Waals surface area contributed by atoms with Gasteiger partial charge in [-0.1, -0.05) is 29.3 Å². The van der Waals surface area contributed by atoms with Gasteiger partial charge in [0, 0.05) is 18.1 Å². The number of carbonyl (C=O) groups excluding carboxylic acids is 1. The van der Waals surface area contributed by atoms with Gasteiger partial charge in [0.05, 0.1) is 25.7 Å². The molecule has 3 aromatic rings. The summed E-state index contributed by atoms with van der Waals surface area (Å²) in [6, 6.07) is 7.80. The zero-order valence-corrected chi connectivity index (χ0v) is 25.3. The molecule has 1 aliphatic rings. The number of pyridine rings is 1.